The molecular weight excluding hydrogens is 176 g/mol. The Balaban J connectivity index is 2.81. The van der Waals surface area contributed by atoms with Crippen molar-refractivity contribution in [1.29, 1.82) is 0 Å². The van der Waals surface area contributed by atoms with Gasteiger partial charge in [-0.2, -0.15) is 0 Å². The molecule has 0 radical (unpaired) electrons. The summed E-state index contributed by atoms with van der Waals surface area (Å²) < 4.78 is 5.24. The standard InChI is InChI=1S/C11H12N2O/c1-7-3-8-5-9(12)6-13-11(8)10(4-7)14-2/h3-6H,12H2,1-2H3. The fraction of sp³-hybridized carbons (Fsp3) is 0.182. The third kappa shape index (κ3) is 1.37. The first-order valence-corrected chi connectivity index (χ1v) is 4.40. The van der Waals surface area contributed by atoms with Crippen LogP contribution in [0.4, 0.5) is 5.69 Å². The molecule has 14 heavy (non-hydrogen) atoms. The van der Waals surface area contributed by atoms with Gasteiger partial charge in [0.05, 0.1) is 19.0 Å². The Morgan fingerprint density at radius 2 is 2.07 bits per heavy atom. The van der Waals surface area contributed by atoms with Crippen LogP contribution in [0.2, 0.25) is 0 Å². The molecule has 0 amide bonds. The lowest BCUT2D eigenvalue weighted by Gasteiger charge is -2.06. The molecule has 2 N–H and O–H groups in total. The van der Waals surface area contributed by atoms with E-state index in [-0.39, 0.29) is 0 Å². The average Bonchev–Trinajstić information content (AvgIpc) is 2.15. The van der Waals surface area contributed by atoms with Crippen LogP contribution >= 0.6 is 0 Å². The molecule has 0 bridgehead atoms. The first-order chi connectivity index (χ1) is 6.70. The summed E-state index contributed by atoms with van der Waals surface area (Å²) in [4.78, 5) is 4.24. The average molecular weight is 188 g/mol. The van der Waals surface area contributed by atoms with Crippen LogP contribution in [-0.2, 0) is 0 Å². The van der Waals surface area contributed by atoms with E-state index in [2.05, 4.69) is 4.98 Å². The first kappa shape index (κ1) is 8.81. The molecule has 3 heteroatoms. The van der Waals surface area contributed by atoms with E-state index in [1.165, 1.54) is 0 Å². The maximum absolute atomic E-state index is 5.66. The van der Waals surface area contributed by atoms with E-state index in [1.807, 2.05) is 25.1 Å². The van der Waals surface area contributed by atoms with Crippen molar-refractivity contribution in [2.75, 3.05) is 12.8 Å². The number of rotatable bonds is 1. The van der Waals surface area contributed by atoms with Gasteiger partial charge in [-0.05, 0) is 30.7 Å². The van der Waals surface area contributed by atoms with Crippen molar-refractivity contribution < 1.29 is 4.74 Å². The van der Waals surface area contributed by atoms with Gasteiger partial charge in [-0.1, -0.05) is 0 Å². The minimum atomic E-state index is 0.671. The van der Waals surface area contributed by atoms with Crippen LogP contribution in [0.1, 0.15) is 5.56 Å². The molecule has 0 spiro atoms. The number of pyridine rings is 1. The summed E-state index contributed by atoms with van der Waals surface area (Å²) in [5.74, 6) is 0.792. The highest BCUT2D eigenvalue weighted by Crippen LogP contribution is 2.26. The van der Waals surface area contributed by atoms with E-state index in [0.29, 0.717) is 5.69 Å². The topological polar surface area (TPSA) is 48.1 Å². The van der Waals surface area contributed by atoms with Crippen LogP contribution in [0.3, 0.4) is 0 Å². The van der Waals surface area contributed by atoms with Gasteiger partial charge in [0.2, 0.25) is 0 Å². The van der Waals surface area contributed by atoms with Crippen molar-refractivity contribution in [3.05, 3.63) is 30.0 Å². The summed E-state index contributed by atoms with van der Waals surface area (Å²) >= 11 is 0. The summed E-state index contributed by atoms with van der Waals surface area (Å²) in [6, 6.07) is 5.91. The zero-order valence-electron chi connectivity index (χ0n) is 8.24. The number of hydrogen-bond donors (Lipinski definition) is 1. The normalized spacial score (nSPS) is 10.4. The molecule has 3 nitrogen and oxygen atoms in total. The van der Waals surface area contributed by atoms with Crippen LogP contribution in [0.15, 0.2) is 24.4 Å². The molecule has 0 unspecified atom stereocenters. The van der Waals surface area contributed by atoms with Gasteiger partial charge in [-0.15, -0.1) is 0 Å². The number of nitrogens with two attached hydrogens (primary N) is 1. The smallest absolute Gasteiger partial charge is 0.145 e. The second-order valence-electron chi connectivity index (χ2n) is 3.31. The second kappa shape index (κ2) is 3.18. The van der Waals surface area contributed by atoms with E-state index in [9.17, 15) is 0 Å². The Kier molecular flexibility index (Phi) is 2.00. The zero-order valence-corrected chi connectivity index (χ0v) is 8.24. The van der Waals surface area contributed by atoms with E-state index < -0.39 is 0 Å². The quantitative estimate of drug-likeness (QED) is 0.745. The third-order valence-electron chi connectivity index (χ3n) is 2.13. The van der Waals surface area contributed by atoms with Crippen LogP contribution in [0, 0.1) is 6.92 Å². The third-order valence-corrected chi connectivity index (χ3v) is 2.13. The van der Waals surface area contributed by atoms with Gasteiger partial charge in [0.25, 0.3) is 0 Å². The number of nitrogen functional groups attached to an aromatic ring is 1. The highest BCUT2D eigenvalue weighted by Gasteiger charge is 2.03. The monoisotopic (exact) mass is 188 g/mol. The molecule has 72 valence electrons. The summed E-state index contributed by atoms with van der Waals surface area (Å²) in [5.41, 5.74) is 8.33. The number of aryl methyl sites for hydroxylation is 1. The van der Waals surface area contributed by atoms with E-state index in [1.54, 1.807) is 13.3 Å². The molecule has 0 aliphatic carbocycles. The van der Waals surface area contributed by atoms with E-state index in [0.717, 1.165) is 22.2 Å². The number of anilines is 1. The Hall–Kier alpha value is -1.77. The molecule has 1 aromatic carbocycles. The number of methoxy groups -OCH3 is 1. The van der Waals surface area contributed by atoms with Crippen molar-refractivity contribution in [3.63, 3.8) is 0 Å². The highest BCUT2D eigenvalue weighted by atomic mass is 16.5. The van der Waals surface area contributed by atoms with Gasteiger partial charge < -0.3 is 10.5 Å². The van der Waals surface area contributed by atoms with Crippen LogP contribution < -0.4 is 10.5 Å². The minimum Gasteiger partial charge on any atom is -0.494 e. The molecule has 2 aromatic rings. The number of fused-ring (bicyclic) bond motifs is 1. The lowest BCUT2D eigenvalue weighted by molar-refractivity contribution is 0.418. The molecule has 2 rings (SSSR count). The van der Waals surface area contributed by atoms with Gasteiger partial charge >= 0.3 is 0 Å². The van der Waals surface area contributed by atoms with Gasteiger partial charge in [0.15, 0.2) is 0 Å². The Morgan fingerprint density at radius 3 is 2.79 bits per heavy atom. The number of benzene rings is 1. The molecule has 0 aliphatic heterocycles. The Morgan fingerprint density at radius 1 is 1.29 bits per heavy atom. The predicted octanol–water partition coefficient (Wildman–Crippen LogP) is 2.13. The largest absolute Gasteiger partial charge is 0.494 e. The molecule has 0 saturated carbocycles. The fourth-order valence-corrected chi connectivity index (χ4v) is 1.53. The predicted molar refractivity (Wildman–Crippen MR) is 57.4 cm³/mol. The lowest BCUT2D eigenvalue weighted by Crippen LogP contribution is -1.91. The number of nitrogens with zero attached hydrogens (tertiary/aromatic N) is 1. The highest BCUT2D eigenvalue weighted by molar-refractivity contribution is 5.87. The molecular formula is C11H12N2O. The van der Waals surface area contributed by atoms with Crippen molar-refractivity contribution in [2.45, 2.75) is 6.92 Å². The molecule has 1 aromatic heterocycles. The Labute approximate surface area is 82.5 Å². The molecule has 0 aliphatic rings. The maximum Gasteiger partial charge on any atom is 0.145 e. The Bertz CT molecular complexity index is 475. The van der Waals surface area contributed by atoms with Crippen molar-refractivity contribution in [3.8, 4) is 5.75 Å². The maximum atomic E-state index is 5.66. The van der Waals surface area contributed by atoms with Gasteiger partial charge in [-0.3, -0.25) is 4.98 Å². The number of ether oxygens (including phenoxy) is 1. The zero-order chi connectivity index (χ0) is 10.1. The van der Waals surface area contributed by atoms with Gasteiger partial charge in [0.1, 0.15) is 11.3 Å². The SMILES string of the molecule is COc1cc(C)cc2cc(N)cnc12. The number of hydrogen-bond acceptors (Lipinski definition) is 3. The fourth-order valence-electron chi connectivity index (χ4n) is 1.53. The molecule has 0 saturated heterocycles. The number of aromatic nitrogens is 1. The van der Waals surface area contributed by atoms with E-state index in [4.69, 9.17) is 10.5 Å². The molecule has 0 fully saturated rings. The van der Waals surface area contributed by atoms with Crippen LogP contribution in [-0.4, -0.2) is 12.1 Å². The van der Waals surface area contributed by atoms with Crippen molar-refractivity contribution >= 4 is 16.6 Å². The van der Waals surface area contributed by atoms with Crippen molar-refractivity contribution in [1.82, 2.24) is 4.98 Å². The summed E-state index contributed by atoms with van der Waals surface area (Å²) in [6.45, 7) is 2.02. The van der Waals surface area contributed by atoms with Gasteiger partial charge in [-0.25, -0.2) is 0 Å². The lowest BCUT2D eigenvalue weighted by atomic mass is 10.1. The van der Waals surface area contributed by atoms with Gasteiger partial charge in [0, 0.05) is 5.39 Å². The summed E-state index contributed by atoms with van der Waals surface area (Å²) in [7, 11) is 1.65. The summed E-state index contributed by atoms with van der Waals surface area (Å²) in [5, 5.41) is 1.02. The van der Waals surface area contributed by atoms with E-state index >= 15 is 0 Å². The molecule has 1 heterocycles. The minimum absolute atomic E-state index is 0.671. The second-order valence-corrected chi connectivity index (χ2v) is 3.31. The van der Waals surface area contributed by atoms with Crippen LogP contribution in [0.25, 0.3) is 10.9 Å². The molecule has 0 atom stereocenters. The van der Waals surface area contributed by atoms with Crippen LogP contribution in [0.5, 0.6) is 5.75 Å². The summed E-state index contributed by atoms with van der Waals surface area (Å²) in [6.07, 6.45) is 1.64. The first-order valence-electron chi connectivity index (χ1n) is 4.40. The van der Waals surface area contributed by atoms with Crippen molar-refractivity contribution in [2.24, 2.45) is 0 Å².